The third kappa shape index (κ3) is 4.50. The normalized spacial score (nSPS) is 19.5. The minimum absolute atomic E-state index is 0.0684. The minimum atomic E-state index is -0.805. The fourth-order valence-corrected chi connectivity index (χ4v) is 3.94. The van der Waals surface area contributed by atoms with Crippen molar-refractivity contribution >= 4 is 29.4 Å². The fraction of sp³-hybridized carbons (Fsp3) is 0.579. The predicted octanol–water partition coefficient (Wildman–Crippen LogP) is 3.49. The zero-order chi connectivity index (χ0) is 20.6. The van der Waals surface area contributed by atoms with Gasteiger partial charge >= 0.3 is 12.1 Å². The molecule has 3 rings (SSSR count). The lowest BCUT2D eigenvalue weighted by Gasteiger charge is -2.24. The van der Waals surface area contributed by atoms with Gasteiger partial charge in [0.25, 0.3) is 0 Å². The zero-order valence-electron chi connectivity index (χ0n) is 16.2. The highest BCUT2D eigenvalue weighted by Crippen LogP contribution is 2.49. The van der Waals surface area contributed by atoms with Crippen molar-refractivity contribution in [3.63, 3.8) is 0 Å². The molecule has 1 aliphatic heterocycles. The quantitative estimate of drug-likeness (QED) is 0.734. The number of amides is 1. The number of halogens is 2. The van der Waals surface area contributed by atoms with Crippen LogP contribution in [0, 0.1) is 5.82 Å². The number of nitrogens with one attached hydrogen (secondary N) is 1. The van der Waals surface area contributed by atoms with E-state index in [9.17, 15) is 14.0 Å². The summed E-state index contributed by atoms with van der Waals surface area (Å²) in [5.41, 5.74) is 0.297. The molecule has 2 aliphatic rings. The van der Waals surface area contributed by atoms with Crippen molar-refractivity contribution in [3.8, 4) is 0 Å². The lowest BCUT2D eigenvalue weighted by Crippen LogP contribution is -2.40. The largest absolute Gasteiger partial charge is 0.444 e. The van der Waals surface area contributed by atoms with E-state index in [-0.39, 0.29) is 28.2 Å². The maximum atomic E-state index is 14.8. The Kier molecular flexibility index (Phi) is 5.72. The van der Waals surface area contributed by atoms with E-state index in [0.29, 0.717) is 25.1 Å². The number of carbonyl (C=O) groups is 2. The number of anilines is 1. The molecule has 1 amide bonds. The molecule has 1 aliphatic carbocycles. The first-order valence-corrected chi connectivity index (χ1v) is 9.66. The van der Waals surface area contributed by atoms with E-state index in [4.69, 9.17) is 22.2 Å². The van der Waals surface area contributed by atoms with Crippen LogP contribution in [0.1, 0.15) is 61.9 Å². The molecule has 0 bridgehead atoms. The van der Waals surface area contributed by atoms with Crippen LogP contribution in [0.2, 0.25) is 5.02 Å². The number of hydrogen-bond donors (Lipinski definition) is 2. The molecule has 0 unspecified atom stereocenters. The second-order valence-electron chi connectivity index (χ2n) is 8.24. The first-order valence-electron chi connectivity index (χ1n) is 9.28. The molecule has 28 heavy (non-hydrogen) atoms. The summed E-state index contributed by atoms with van der Waals surface area (Å²) in [7, 11) is 0. The van der Waals surface area contributed by atoms with Crippen LogP contribution < -0.4 is 16.1 Å². The van der Waals surface area contributed by atoms with Gasteiger partial charge in [-0.3, -0.25) is 0 Å². The molecule has 1 heterocycles. The number of nitrogens with zero attached hydrogens (tertiary/aromatic N) is 1. The highest BCUT2D eigenvalue weighted by atomic mass is 35.5. The molecule has 0 spiro atoms. The van der Waals surface area contributed by atoms with Gasteiger partial charge in [-0.1, -0.05) is 11.6 Å². The molecule has 7 nitrogen and oxygen atoms in total. The average molecular weight is 414 g/mol. The summed E-state index contributed by atoms with van der Waals surface area (Å²) in [6.07, 6.45) is 1.86. The van der Waals surface area contributed by atoms with Crippen LogP contribution in [0.25, 0.3) is 0 Å². The highest BCUT2D eigenvalue weighted by molar-refractivity contribution is 6.34. The van der Waals surface area contributed by atoms with Gasteiger partial charge in [-0.2, -0.15) is 5.90 Å². The maximum Gasteiger partial charge on any atom is 0.407 e. The van der Waals surface area contributed by atoms with E-state index >= 15 is 0 Å². The van der Waals surface area contributed by atoms with Gasteiger partial charge in [0.05, 0.1) is 22.3 Å². The number of hydrogen-bond acceptors (Lipinski definition) is 6. The number of ether oxygens (including phenoxy) is 1. The Balaban J connectivity index is 1.80. The van der Waals surface area contributed by atoms with Gasteiger partial charge in [-0.05, 0) is 57.6 Å². The molecule has 2 fully saturated rings. The lowest BCUT2D eigenvalue weighted by molar-refractivity contribution is 0.0494. The van der Waals surface area contributed by atoms with Crippen molar-refractivity contribution in [2.24, 2.45) is 5.90 Å². The van der Waals surface area contributed by atoms with E-state index in [1.165, 1.54) is 0 Å². The Morgan fingerprint density at radius 3 is 2.57 bits per heavy atom. The third-order valence-corrected chi connectivity index (χ3v) is 5.15. The van der Waals surface area contributed by atoms with Gasteiger partial charge in [0.1, 0.15) is 11.4 Å². The number of carbonyl (C=O) groups excluding carboxylic acids is 2. The minimum Gasteiger partial charge on any atom is -0.444 e. The number of nitrogens with two attached hydrogens (primary N) is 1. The van der Waals surface area contributed by atoms with Crippen molar-refractivity contribution in [1.82, 2.24) is 5.32 Å². The van der Waals surface area contributed by atoms with Crippen LogP contribution in [0.5, 0.6) is 0 Å². The Labute approximate surface area is 168 Å². The molecule has 9 heteroatoms. The zero-order valence-corrected chi connectivity index (χ0v) is 16.9. The number of benzene rings is 1. The fourth-order valence-electron chi connectivity index (χ4n) is 3.47. The summed E-state index contributed by atoms with van der Waals surface area (Å²) >= 11 is 6.53. The van der Waals surface area contributed by atoms with E-state index in [1.54, 1.807) is 25.7 Å². The van der Waals surface area contributed by atoms with Crippen molar-refractivity contribution in [2.75, 3.05) is 18.0 Å². The molecule has 1 aromatic rings. The van der Waals surface area contributed by atoms with Gasteiger partial charge in [0, 0.05) is 13.1 Å². The Hall–Kier alpha value is -2.06. The van der Waals surface area contributed by atoms with Crippen molar-refractivity contribution in [2.45, 2.75) is 57.6 Å². The summed E-state index contributed by atoms with van der Waals surface area (Å²) in [5, 5.41) is 3.01. The monoisotopic (exact) mass is 413 g/mol. The summed E-state index contributed by atoms with van der Waals surface area (Å²) in [5.74, 6) is 3.66. The third-order valence-electron chi connectivity index (χ3n) is 4.77. The molecular formula is C19H25ClFN3O4. The molecule has 1 aromatic carbocycles. The molecule has 0 aromatic heterocycles. The van der Waals surface area contributed by atoms with Gasteiger partial charge < -0.3 is 19.8 Å². The summed E-state index contributed by atoms with van der Waals surface area (Å²) in [4.78, 5) is 30.0. The van der Waals surface area contributed by atoms with Crippen LogP contribution in [-0.4, -0.2) is 36.8 Å². The van der Waals surface area contributed by atoms with Crippen LogP contribution in [-0.2, 0) is 9.57 Å². The first-order chi connectivity index (χ1) is 13.1. The summed E-state index contributed by atoms with van der Waals surface area (Å²) in [6, 6.07) is 0.946. The smallest absolute Gasteiger partial charge is 0.407 e. The Morgan fingerprint density at radius 2 is 2.00 bits per heavy atom. The van der Waals surface area contributed by atoms with Crippen LogP contribution in [0.3, 0.4) is 0 Å². The molecule has 0 radical (unpaired) electrons. The van der Waals surface area contributed by atoms with Gasteiger partial charge in [-0.15, -0.1) is 0 Å². The Morgan fingerprint density at radius 1 is 1.32 bits per heavy atom. The number of alkyl carbamates (subject to hydrolysis) is 1. The molecule has 3 N–H and O–H groups in total. The van der Waals surface area contributed by atoms with Crippen molar-refractivity contribution < 1.29 is 23.6 Å². The van der Waals surface area contributed by atoms with Crippen molar-refractivity contribution in [1.29, 1.82) is 0 Å². The average Bonchev–Trinajstić information content (AvgIpc) is 3.31. The van der Waals surface area contributed by atoms with E-state index < -0.39 is 23.5 Å². The van der Waals surface area contributed by atoms with Crippen LogP contribution in [0.4, 0.5) is 14.9 Å². The standard InChI is InChI=1S/C19H25ClFN3O4/c1-19(2,3)27-18(26)23-11-6-7-24(9-11)16-13(21)8-12(17(25)28-22)14(15(16)20)10-4-5-10/h8,10-11H,4-7,9,22H2,1-3H3,(H,23,26)/t11-/m0/s1. The molecule has 1 atom stereocenters. The second kappa shape index (κ2) is 7.75. The van der Waals surface area contributed by atoms with Crippen LogP contribution >= 0.6 is 11.6 Å². The molecule has 154 valence electrons. The van der Waals surface area contributed by atoms with Crippen LogP contribution in [0.15, 0.2) is 6.07 Å². The number of rotatable bonds is 4. The summed E-state index contributed by atoms with van der Waals surface area (Å²) in [6.45, 7) is 6.27. The highest BCUT2D eigenvalue weighted by Gasteiger charge is 2.36. The second-order valence-corrected chi connectivity index (χ2v) is 8.62. The summed E-state index contributed by atoms with van der Waals surface area (Å²) < 4.78 is 20.1. The van der Waals surface area contributed by atoms with Gasteiger partial charge in [0.15, 0.2) is 0 Å². The van der Waals surface area contributed by atoms with Crippen molar-refractivity contribution in [3.05, 3.63) is 28.0 Å². The molecular weight excluding hydrogens is 389 g/mol. The molecule has 1 saturated heterocycles. The van der Waals surface area contributed by atoms with E-state index in [0.717, 1.165) is 18.9 Å². The van der Waals surface area contributed by atoms with E-state index in [1.807, 2.05) is 0 Å². The molecule has 1 saturated carbocycles. The predicted molar refractivity (Wildman–Crippen MR) is 103 cm³/mol. The van der Waals surface area contributed by atoms with Gasteiger partial charge in [-0.25, -0.2) is 14.0 Å². The first kappa shape index (κ1) is 20.7. The van der Waals surface area contributed by atoms with Gasteiger partial charge in [0.2, 0.25) is 0 Å². The lowest BCUT2D eigenvalue weighted by atomic mass is 10.0. The topological polar surface area (TPSA) is 93.9 Å². The Bertz CT molecular complexity index is 792. The van der Waals surface area contributed by atoms with E-state index in [2.05, 4.69) is 10.2 Å². The SMILES string of the molecule is CC(C)(C)OC(=O)N[C@H]1CCN(c2c(F)cc(C(=O)ON)c(C3CC3)c2Cl)C1. The maximum absolute atomic E-state index is 14.8.